The van der Waals surface area contributed by atoms with Gasteiger partial charge in [0.2, 0.25) is 5.88 Å². The van der Waals surface area contributed by atoms with Crippen molar-refractivity contribution in [1.29, 1.82) is 0 Å². The van der Waals surface area contributed by atoms with Gasteiger partial charge in [-0.05, 0) is 61.9 Å². The van der Waals surface area contributed by atoms with Crippen LogP contribution < -0.4 is 19.1 Å². The molecule has 1 atom stereocenters. The standard InChI is InChI=1S/C28H24N4O6/c1-15-9-18(26-20(10-15)31-24(34-4)13-30-26)23-12-19-21(36-23)5-6-22-27(19)35-14-25(37-22)38-28(33)32(3)17-7-8-29-16(2)11-17/h5-13,25H,14H2,1-4H3/t25-/m1/s1. The summed E-state index contributed by atoms with van der Waals surface area (Å²) in [5.41, 5.74) is 5.30. The number of ether oxygens (including phenoxy) is 4. The zero-order valence-electron chi connectivity index (χ0n) is 21.2. The largest absolute Gasteiger partial charge is 0.481 e. The predicted molar refractivity (Wildman–Crippen MR) is 140 cm³/mol. The second-order valence-corrected chi connectivity index (χ2v) is 8.96. The third kappa shape index (κ3) is 4.19. The smallest absolute Gasteiger partial charge is 0.417 e. The maximum absolute atomic E-state index is 12.7. The van der Waals surface area contributed by atoms with E-state index < -0.39 is 12.4 Å². The molecule has 3 aromatic heterocycles. The third-order valence-electron chi connectivity index (χ3n) is 6.25. The molecule has 5 aromatic rings. The van der Waals surface area contributed by atoms with Gasteiger partial charge < -0.3 is 23.4 Å². The Morgan fingerprint density at radius 1 is 1.11 bits per heavy atom. The number of fused-ring (bicyclic) bond motifs is 4. The highest BCUT2D eigenvalue weighted by Gasteiger charge is 2.29. The highest BCUT2D eigenvalue weighted by molar-refractivity contribution is 5.96. The summed E-state index contributed by atoms with van der Waals surface area (Å²) in [5.74, 6) is 2.03. The van der Waals surface area contributed by atoms with Crippen LogP contribution in [0.15, 0.2) is 59.3 Å². The molecule has 6 rings (SSSR count). The number of hydrogen-bond acceptors (Lipinski definition) is 9. The SMILES string of the molecule is COc1cnc2c(-c3cc4c5c(ccc4o3)O[C@H](OC(=O)N(C)c3ccnc(C)c3)CO5)cc(C)cc2n1. The highest BCUT2D eigenvalue weighted by Crippen LogP contribution is 2.43. The van der Waals surface area contributed by atoms with E-state index in [9.17, 15) is 4.79 Å². The normalized spacial score (nSPS) is 14.5. The summed E-state index contributed by atoms with van der Waals surface area (Å²) < 4.78 is 28.9. The molecule has 0 saturated carbocycles. The van der Waals surface area contributed by atoms with Crippen LogP contribution in [0.25, 0.3) is 33.3 Å². The Bertz CT molecular complexity index is 1700. The van der Waals surface area contributed by atoms with Gasteiger partial charge in [0, 0.05) is 24.5 Å². The van der Waals surface area contributed by atoms with Gasteiger partial charge in [-0.2, -0.15) is 0 Å². The molecule has 0 aliphatic carbocycles. The lowest BCUT2D eigenvalue weighted by atomic mass is 10.1. The van der Waals surface area contributed by atoms with Gasteiger partial charge in [0.15, 0.2) is 18.1 Å². The number of carbonyl (C=O) groups excluding carboxylic acids is 1. The van der Waals surface area contributed by atoms with Crippen molar-refractivity contribution in [3.63, 3.8) is 0 Å². The zero-order chi connectivity index (χ0) is 26.4. The number of amides is 1. The predicted octanol–water partition coefficient (Wildman–Crippen LogP) is 5.43. The van der Waals surface area contributed by atoms with Gasteiger partial charge in [-0.1, -0.05) is 0 Å². The molecule has 0 spiro atoms. The molecule has 192 valence electrons. The van der Waals surface area contributed by atoms with E-state index in [1.54, 1.807) is 50.8 Å². The number of anilines is 1. The molecule has 0 radical (unpaired) electrons. The van der Waals surface area contributed by atoms with E-state index in [1.165, 1.54) is 4.90 Å². The molecule has 1 aliphatic rings. The number of carbonyl (C=O) groups is 1. The summed E-state index contributed by atoms with van der Waals surface area (Å²) in [6.07, 6.45) is 1.74. The van der Waals surface area contributed by atoms with E-state index in [1.807, 2.05) is 32.0 Å². The summed E-state index contributed by atoms with van der Waals surface area (Å²) in [6, 6.07) is 12.9. The van der Waals surface area contributed by atoms with Gasteiger partial charge in [-0.25, -0.2) is 14.8 Å². The molecule has 0 unspecified atom stereocenters. The first-order chi connectivity index (χ1) is 18.4. The fourth-order valence-electron chi connectivity index (χ4n) is 4.40. The molecule has 38 heavy (non-hydrogen) atoms. The Labute approximate surface area is 217 Å². The van der Waals surface area contributed by atoms with Crippen LogP contribution in [0.3, 0.4) is 0 Å². The zero-order valence-corrected chi connectivity index (χ0v) is 21.2. The quantitative estimate of drug-likeness (QED) is 0.311. The molecule has 0 N–H and O–H groups in total. The molecule has 0 bridgehead atoms. The Morgan fingerprint density at radius 3 is 2.79 bits per heavy atom. The fourth-order valence-corrected chi connectivity index (χ4v) is 4.40. The number of nitrogens with zero attached hydrogens (tertiary/aromatic N) is 4. The van der Waals surface area contributed by atoms with Gasteiger partial charge in [-0.15, -0.1) is 0 Å². The molecular weight excluding hydrogens is 488 g/mol. The lowest BCUT2D eigenvalue weighted by Crippen LogP contribution is -2.38. The molecule has 0 fully saturated rings. The van der Waals surface area contributed by atoms with Gasteiger partial charge in [0.25, 0.3) is 6.29 Å². The van der Waals surface area contributed by atoms with E-state index in [0.717, 1.165) is 22.2 Å². The fraction of sp³-hybridized carbons (Fsp3) is 0.214. The molecule has 4 heterocycles. The van der Waals surface area contributed by atoms with E-state index >= 15 is 0 Å². The number of pyridine rings is 1. The summed E-state index contributed by atoms with van der Waals surface area (Å²) in [5, 5.41) is 0.739. The van der Waals surface area contributed by atoms with Gasteiger partial charge in [0.05, 0.1) is 35.4 Å². The minimum atomic E-state index is -0.907. The van der Waals surface area contributed by atoms with Crippen LogP contribution in [0.2, 0.25) is 0 Å². The summed E-state index contributed by atoms with van der Waals surface area (Å²) in [6.45, 7) is 3.87. The van der Waals surface area contributed by atoms with Gasteiger partial charge >= 0.3 is 6.09 Å². The minimum Gasteiger partial charge on any atom is -0.481 e. The maximum Gasteiger partial charge on any atom is 0.417 e. The Kier molecular flexibility index (Phi) is 5.71. The molecule has 1 aliphatic heterocycles. The number of aromatic nitrogens is 3. The van der Waals surface area contributed by atoms with Crippen LogP contribution >= 0.6 is 0 Å². The average molecular weight is 513 g/mol. The first-order valence-corrected chi connectivity index (χ1v) is 11.9. The van der Waals surface area contributed by atoms with Gasteiger partial charge in [0.1, 0.15) is 11.3 Å². The van der Waals surface area contributed by atoms with Crippen molar-refractivity contribution in [2.45, 2.75) is 20.1 Å². The topological polar surface area (TPSA) is 109 Å². The number of furan rings is 1. The lowest BCUT2D eigenvalue weighted by Gasteiger charge is -2.28. The third-order valence-corrected chi connectivity index (χ3v) is 6.25. The van der Waals surface area contributed by atoms with E-state index in [2.05, 4.69) is 15.0 Å². The monoisotopic (exact) mass is 512 g/mol. The van der Waals surface area contributed by atoms with E-state index in [0.29, 0.717) is 45.4 Å². The van der Waals surface area contributed by atoms with Crippen LogP contribution in [0.1, 0.15) is 11.3 Å². The average Bonchev–Trinajstić information content (AvgIpc) is 3.36. The Morgan fingerprint density at radius 2 is 1.97 bits per heavy atom. The van der Waals surface area contributed by atoms with Crippen molar-refractivity contribution >= 4 is 33.8 Å². The van der Waals surface area contributed by atoms with Gasteiger partial charge in [-0.3, -0.25) is 9.88 Å². The van der Waals surface area contributed by atoms with Crippen molar-refractivity contribution in [3.8, 4) is 28.7 Å². The first kappa shape index (κ1) is 23.5. The number of rotatable bonds is 4. The second-order valence-electron chi connectivity index (χ2n) is 8.96. The first-order valence-electron chi connectivity index (χ1n) is 11.9. The molecule has 10 heteroatoms. The van der Waals surface area contributed by atoms with Crippen LogP contribution in [-0.4, -0.2) is 48.1 Å². The number of benzene rings is 2. The maximum atomic E-state index is 12.7. The molecule has 0 saturated heterocycles. The molecular formula is C28H24N4O6. The number of hydrogen-bond donors (Lipinski definition) is 0. The summed E-state index contributed by atoms with van der Waals surface area (Å²) in [4.78, 5) is 27.3. The Balaban J connectivity index is 1.27. The van der Waals surface area contributed by atoms with Crippen molar-refractivity contribution in [3.05, 3.63) is 66.1 Å². The van der Waals surface area contributed by atoms with Crippen LogP contribution in [-0.2, 0) is 4.74 Å². The highest BCUT2D eigenvalue weighted by atomic mass is 16.7. The van der Waals surface area contributed by atoms with E-state index in [-0.39, 0.29) is 6.61 Å². The molecule has 1 amide bonds. The summed E-state index contributed by atoms with van der Waals surface area (Å²) in [7, 11) is 3.18. The second kappa shape index (κ2) is 9.22. The number of aryl methyl sites for hydroxylation is 2. The molecule has 10 nitrogen and oxygen atoms in total. The Hall–Kier alpha value is -4.86. The van der Waals surface area contributed by atoms with Crippen LogP contribution in [0.5, 0.6) is 17.4 Å². The van der Waals surface area contributed by atoms with Crippen molar-refractivity contribution in [2.75, 3.05) is 25.7 Å². The van der Waals surface area contributed by atoms with Crippen molar-refractivity contribution in [2.24, 2.45) is 0 Å². The lowest BCUT2D eigenvalue weighted by molar-refractivity contribution is -0.0718. The number of methoxy groups -OCH3 is 1. The van der Waals surface area contributed by atoms with Crippen LogP contribution in [0.4, 0.5) is 10.5 Å². The summed E-state index contributed by atoms with van der Waals surface area (Å²) >= 11 is 0. The van der Waals surface area contributed by atoms with Crippen molar-refractivity contribution < 1.29 is 28.2 Å². The van der Waals surface area contributed by atoms with Crippen LogP contribution in [0, 0.1) is 13.8 Å². The minimum absolute atomic E-state index is 0.0280. The van der Waals surface area contributed by atoms with Crippen molar-refractivity contribution in [1.82, 2.24) is 15.0 Å². The molecule has 2 aromatic carbocycles. The van der Waals surface area contributed by atoms with E-state index in [4.69, 9.17) is 23.4 Å².